The van der Waals surface area contributed by atoms with Gasteiger partial charge in [-0.1, -0.05) is 64.7 Å². The first kappa shape index (κ1) is 40.7. The average molecular weight is 565 g/mol. The summed E-state index contributed by atoms with van der Waals surface area (Å²) in [6.45, 7) is 7.21. The van der Waals surface area contributed by atoms with E-state index in [-0.39, 0.29) is 56.0 Å². The molecule has 0 spiro atoms. The molecule has 0 aliphatic rings. The minimum atomic E-state index is -4.48. The molecular weight excluding hydrogens is 519 g/mol. The Morgan fingerprint density at radius 3 is 1.43 bits per heavy atom. The van der Waals surface area contributed by atoms with E-state index in [4.69, 9.17) is 0 Å². The molecule has 0 amide bonds. The molecule has 1 N–H and O–H groups in total. The fraction of sp³-hybridized carbons (Fsp3) is 0.875. The van der Waals surface area contributed by atoms with Crippen molar-refractivity contribution in [3.05, 3.63) is 0 Å². The molecule has 0 saturated heterocycles. The number of hydrogen-bond acceptors (Lipinski definition) is 11. The van der Waals surface area contributed by atoms with Crippen molar-refractivity contribution in [1.82, 2.24) is 0 Å². The molecule has 0 atom stereocenters. The second-order valence-corrected chi connectivity index (χ2v) is 9.18. The Labute approximate surface area is 244 Å². The summed E-state index contributed by atoms with van der Waals surface area (Å²) >= 11 is 0. The molecule has 0 aliphatic carbocycles. The summed E-state index contributed by atoms with van der Waals surface area (Å²) in [5.41, 5.74) is -2.26. The Morgan fingerprint density at radius 1 is 0.703 bits per heavy atom. The molecule has 0 fully saturated rings. The molecule has 37 heavy (non-hydrogen) atoms. The summed E-state index contributed by atoms with van der Waals surface area (Å²) < 4.78 is 48.4. The third-order valence-corrected chi connectivity index (χ3v) is 5.32. The molecule has 0 rings (SSSR count). The quantitative estimate of drug-likeness (QED) is 0.0549. The minimum Gasteiger partial charge on any atom is -0.726 e. The Hall–Kier alpha value is -0.760. The summed E-state index contributed by atoms with van der Waals surface area (Å²) in [5, 5.41) is 10.1. The molecule has 0 aromatic heterocycles. The van der Waals surface area contributed by atoms with Crippen molar-refractivity contribution in [3.63, 3.8) is 0 Å². The predicted molar refractivity (Wildman–Crippen MR) is 132 cm³/mol. The summed E-state index contributed by atoms with van der Waals surface area (Å²) in [4.78, 5) is 34.4. The van der Waals surface area contributed by atoms with Crippen LogP contribution in [0.4, 0.5) is 0 Å². The monoisotopic (exact) mass is 564 g/mol. The maximum atomic E-state index is 11.7. The zero-order chi connectivity index (χ0) is 27.9. The molecule has 0 saturated carbocycles. The van der Waals surface area contributed by atoms with Gasteiger partial charge in [0.2, 0.25) is 10.4 Å². The summed E-state index contributed by atoms with van der Waals surface area (Å²) in [5.74, 6) is -2.62. The van der Waals surface area contributed by atoms with E-state index in [2.05, 4.69) is 25.3 Å². The smallest absolute Gasteiger partial charge is 0.726 e. The van der Waals surface area contributed by atoms with E-state index < -0.39 is 46.7 Å². The van der Waals surface area contributed by atoms with Gasteiger partial charge in [-0.25, -0.2) is 13.2 Å². The van der Waals surface area contributed by atoms with Gasteiger partial charge in [-0.2, -0.15) is 0 Å². The maximum Gasteiger partial charge on any atom is 1.00 e. The van der Waals surface area contributed by atoms with Crippen molar-refractivity contribution in [3.8, 4) is 0 Å². The van der Waals surface area contributed by atoms with Crippen molar-refractivity contribution in [2.45, 2.75) is 110 Å². The topological polar surface area (TPSA) is 166 Å². The third-order valence-electron chi connectivity index (χ3n) is 4.87. The van der Waals surface area contributed by atoms with Crippen LogP contribution < -0.4 is 29.6 Å². The van der Waals surface area contributed by atoms with Gasteiger partial charge in [-0.15, -0.1) is 0 Å². The van der Waals surface area contributed by atoms with Gasteiger partial charge >= 0.3 is 47.5 Å². The van der Waals surface area contributed by atoms with Crippen LogP contribution in [0, 0.1) is 0 Å². The van der Waals surface area contributed by atoms with E-state index in [1.165, 1.54) is 44.9 Å². The number of hydrogen-bond donors (Lipinski definition) is 1. The van der Waals surface area contributed by atoms with E-state index in [1.807, 2.05) is 0 Å². The molecule has 13 heteroatoms. The second-order valence-electron chi connectivity index (χ2n) is 8.13. The van der Waals surface area contributed by atoms with Gasteiger partial charge in [-0.3, -0.25) is 13.8 Å². The van der Waals surface area contributed by atoms with Gasteiger partial charge < -0.3 is 23.9 Å². The molecule has 0 aliphatic heterocycles. The van der Waals surface area contributed by atoms with Gasteiger partial charge in [-0.05, 0) is 27.2 Å². The van der Waals surface area contributed by atoms with Crippen LogP contribution in [0.15, 0.2) is 0 Å². The number of rotatable bonds is 20. The Kier molecular flexibility index (Phi) is 28.1. The van der Waals surface area contributed by atoms with Crippen LogP contribution in [-0.4, -0.2) is 68.0 Å². The summed E-state index contributed by atoms with van der Waals surface area (Å²) in [6, 6.07) is 0. The Balaban J connectivity index is -0.000000612. The van der Waals surface area contributed by atoms with Crippen molar-refractivity contribution >= 4 is 28.3 Å². The summed E-state index contributed by atoms with van der Waals surface area (Å²) in [7, 11) is -4.48. The van der Waals surface area contributed by atoms with Gasteiger partial charge in [0.05, 0.1) is 39.3 Å². The second kappa shape index (κ2) is 25.5. The fourth-order valence-corrected chi connectivity index (χ4v) is 3.45. The van der Waals surface area contributed by atoms with E-state index >= 15 is 0 Å². The first-order chi connectivity index (χ1) is 17.0. The molecule has 11 nitrogen and oxygen atoms in total. The largest absolute Gasteiger partial charge is 1.00 e. The van der Waals surface area contributed by atoms with Gasteiger partial charge in [0, 0.05) is 0 Å². The van der Waals surface area contributed by atoms with Crippen LogP contribution >= 0.6 is 0 Å². The number of aliphatic hydroxyl groups is 1. The van der Waals surface area contributed by atoms with E-state index in [0.29, 0.717) is 6.42 Å². The van der Waals surface area contributed by atoms with Gasteiger partial charge in [0.15, 0.2) is 5.60 Å². The molecule has 0 aromatic rings. The van der Waals surface area contributed by atoms with E-state index in [0.717, 1.165) is 12.8 Å². The minimum absolute atomic E-state index is 0. The number of carbonyl (C=O) groups excluding carboxylic acids is 3. The molecular formula is C24H45NaO11S. The zero-order valence-corrected chi connectivity index (χ0v) is 26.1. The number of esters is 3. The molecule has 214 valence electrons. The third kappa shape index (κ3) is 26.6. The van der Waals surface area contributed by atoms with Gasteiger partial charge in [0.25, 0.3) is 0 Å². The standard InChI is InChI=1S/C12H20O7.C12H26O4S.Na/c1-4-17-9(13)7-12(16,11(15)19-6-3)8-10(14)18-5-2;1-2-3-4-5-6-7-8-9-10-11-12-16-17(13,14)15;/h16H,4-8H2,1-3H3;2-12H2,1H3,(H,13,14,15);/q;;+1/p-1. The predicted octanol–water partition coefficient (Wildman–Crippen LogP) is 0.575. The van der Waals surface area contributed by atoms with Crippen LogP contribution in [0.1, 0.15) is 105 Å². The molecule has 0 unspecified atom stereocenters. The molecule has 0 bridgehead atoms. The van der Waals surface area contributed by atoms with Crippen LogP contribution in [0.3, 0.4) is 0 Å². The molecule has 0 heterocycles. The first-order valence-corrected chi connectivity index (χ1v) is 14.1. The first-order valence-electron chi connectivity index (χ1n) is 12.8. The Bertz CT molecular complexity index is 679. The van der Waals surface area contributed by atoms with E-state index in [1.54, 1.807) is 20.8 Å². The number of ether oxygens (including phenoxy) is 3. The van der Waals surface area contributed by atoms with Crippen molar-refractivity contribution in [2.75, 3.05) is 26.4 Å². The summed E-state index contributed by atoms with van der Waals surface area (Å²) in [6.07, 6.45) is 10.4. The fourth-order valence-electron chi connectivity index (χ4n) is 3.12. The van der Waals surface area contributed by atoms with Crippen LogP contribution in [0.2, 0.25) is 0 Å². The van der Waals surface area contributed by atoms with Crippen LogP contribution in [-0.2, 0) is 43.2 Å². The normalized spacial score (nSPS) is 11.0. The van der Waals surface area contributed by atoms with Crippen molar-refractivity contribution in [1.29, 1.82) is 0 Å². The van der Waals surface area contributed by atoms with Crippen molar-refractivity contribution in [2.24, 2.45) is 0 Å². The Morgan fingerprint density at radius 2 is 1.08 bits per heavy atom. The van der Waals surface area contributed by atoms with Crippen LogP contribution in [0.25, 0.3) is 0 Å². The molecule has 0 aromatic carbocycles. The number of unbranched alkanes of at least 4 members (excludes halogenated alkanes) is 9. The van der Waals surface area contributed by atoms with Crippen molar-refractivity contribution < 1.29 is 80.4 Å². The van der Waals surface area contributed by atoms with E-state index in [9.17, 15) is 32.5 Å². The SMILES string of the molecule is CCCCCCCCCCCCOS(=O)(=O)[O-].CCOC(=O)CC(O)(CC(=O)OCC)C(=O)OCC.[Na+]. The van der Waals surface area contributed by atoms with Crippen LogP contribution in [0.5, 0.6) is 0 Å². The number of carbonyl (C=O) groups is 3. The average Bonchev–Trinajstić information content (AvgIpc) is 2.77. The zero-order valence-electron chi connectivity index (χ0n) is 23.3. The van der Waals surface area contributed by atoms with Gasteiger partial charge in [0.1, 0.15) is 0 Å². The maximum absolute atomic E-state index is 11.7. The molecule has 0 radical (unpaired) electrons.